The van der Waals surface area contributed by atoms with E-state index in [1.807, 2.05) is 12.1 Å². The van der Waals surface area contributed by atoms with Crippen molar-refractivity contribution in [1.82, 2.24) is 5.32 Å². The average molecular weight is 283 g/mol. The summed E-state index contributed by atoms with van der Waals surface area (Å²) in [6.45, 7) is 2.76. The largest absolute Gasteiger partial charge is 0.381 e. The van der Waals surface area contributed by atoms with E-state index in [0.717, 1.165) is 26.2 Å². The Kier molecular flexibility index (Phi) is 5.63. The molecule has 0 aromatic heterocycles. The number of amides is 1. The minimum Gasteiger partial charge on any atom is -0.381 e. The van der Waals surface area contributed by atoms with Crippen molar-refractivity contribution in [3.63, 3.8) is 0 Å². The van der Waals surface area contributed by atoms with E-state index in [1.165, 1.54) is 6.42 Å². The van der Waals surface area contributed by atoms with Gasteiger partial charge in [0, 0.05) is 13.2 Å². The summed E-state index contributed by atoms with van der Waals surface area (Å²) >= 11 is 5.97. The summed E-state index contributed by atoms with van der Waals surface area (Å²) in [5, 5.41) is 6.50. The van der Waals surface area contributed by atoms with Crippen LogP contribution < -0.4 is 10.6 Å². The number of hydrogen-bond acceptors (Lipinski definition) is 3. The first kappa shape index (κ1) is 14.3. The molecule has 0 saturated carbocycles. The van der Waals surface area contributed by atoms with E-state index in [2.05, 4.69) is 10.6 Å². The maximum absolute atomic E-state index is 11.7. The Labute approximate surface area is 118 Å². The summed E-state index contributed by atoms with van der Waals surface area (Å²) in [7, 11) is 0. The molecule has 19 heavy (non-hydrogen) atoms. The molecule has 2 rings (SSSR count). The van der Waals surface area contributed by atoms with Crippen LogP contribution in [0.25, 0.3) is 0 Å². The first-order chi connectivity index (χ1) is 9.25. The van der Waals surface area contributed by atoms with Crippen molar-refractivity contribution in [1.29, 1.82) is 0 Å². The molecule has 1 unspecified atom stereocenters. The van der Waals surface area contributed by atoms with Gasteiger partial charge in [0.2, 0.25) is 5.91 Å². The second-order valence-electron chi connectivity index (χ2n) is 4.74. The predicted octanol–water partition coefficient (Wildman–Crippen LogP) is 2.29. The Morgan fingerprint density at radius 2 is 2.26 bits per heavy atom. The molecular weight excluding hydrogens is 264 g/mol. The zero-order valence-electron chi connectivity index (χ0n) is 10.8. The van der Waals surface area contributed by atoms with Gasteiger partial charge in [0.15, 0.2) is 0 Å². The highest BCUT2D eigenvalue weighted by molar-refractivity contribution is 6.33. The maximum atomic E-state index is 11.7. The summed E-state index contributed by atoms with van der Waals surface area (Å²) in [5.74, 6) is 0.437. The Bertz CT molecular complexity index is 420. The molecule has 1 fully saturated rings. The van der Waals surface area contributed by atoms with Gasteiger partial charge in [-0.2, -0.15) is 0 Å². The third kappa shape index (κ3) is 4.82. The van der Waals surface area contributed by atoms with Crippen LogP contribution in [0.15, 0.2) is 24.3 Å². The highest BCUT2D eigenvalue weighted by Crippen LogP contribution is 2.20. The quantitative estimate of drug-likeness (QED) is 0.871. The topological polar surface area (TPSA) is 50.4 Å². The van der Waals surface area contributed by atoms with Crippen LogP contribution >= 0.6 is 11.6 Å². The molecule has 0 aliphatic carbocycles. The molecule has 1 aliphatic rings. The molecule has 0 bridgehead atoms. The first-order valence-corrected chi connectivity index (χ1v) is 6.96. The van der Waals surface area contributed by atoms with Crippen LogP contribution in [-0.2, 0) is 9.53 Å². The molecule has 104 valence electrons. The van der Waals surface area contributed by atoms with Crippen LogP contribution in [0, 0.1) is 5.92 Å². The fraction of sp³-hybridized carbons (Fsp3) is 0.500. The summed E-state index contributed by atoms with van der Waals surface area (Å²) in [4.78, 5) is 11.7. The Hall–Kier alpha value is -1.10. The second kappa shape index (κ2) is 7.48. The van der Waals surface area contributed by atoms with Crippen molar-refractivity contribution >= 4 is 23.2 Å². The highest BCUT2D eigenvalue weighted by atomic mass is 35.5. The van der Waals surface area contributed by atoms with Crippen LogP contribution in [0.1, 0.15) is 12.8 Å². The van der Waals surface area contributed by atoms with Crippen molar-refractivity contribution in [2.75, 3.05) is 31.6 Å². The summed E-state index contributed by atoms with van der Waals surface area (Å²) in [6.07, 6.45) is 2.28. The van der Waals surface area contributed by atoms with Crippen LogP contribution in [-0.4, -0.2) is 32.2 Å². The van der Waals surface area contributed by atoms with Gasteiger partial charge in [-0.25, -0.2) is 0 Å². The van der Waals surface area contributed by atoms with Crippen molar-refractivity contribution in [3.8, 4) is 0 Å². The second-order valence-corrected chi connectivity index (χ2v) is 5.15. The zero-order valence-corrected chi connectivity index (χ0v) is 11.6. The lowest BCUT2D eigenvalue weighted by atomic mass is 10.0. The first-order valence-electron chi connectivity index (χ1n) is 6.58. The molecule has 4 nitrogen and oxygen atoms in total. The van der Waals surface area contributed by atoms with Gasteiger partial charge in [-0.15, -0.1) is 0 Å². The number of benzene rings is 1. The molecule has 0 spiro atoms. The van der Waals surface area contributed by atoms with E-state index >= 15 is 0 Å². The van der Waals surface area contributed by atoms with Gasteiger partial charge in [-0.1, -0.05) is 23.7 Å². The lowest BCUT2D eigenvalue weighted by Gasteiger charge is -2.22. The van der Waals surface area contributed by atoms with Gasteiger partial charge >= 0.3 is 0 Å². The van der Waals surface area contributed by atoms with Crippen LogP contribution in [0.4, 0.5) is 5.69 Å². The Morgan fingerprint density at radius 3 is 3.00 bits per heavy atom. The maximum Gasteiger partial charge on any atom is 0.238 e. The van der Waals surface area contributed by atoms with Gasteiger partial charge < -0.3 is 15.4 Å². The molecule has 2 N–H and O–H groups in total. The van der Waals surface area contributed by atoms with E-state index in [4.69, 9.17) is 16.3 Å². The van der Waals surface area contributed by atoms with Crippen LogP contribution in [0.3, 0.4) is 0 Å². The van der Waals surface area contributed by atoms with Crippen LogP contribution in [0.5, 0.6) is 0 Å². The number of para-hydroxylation sites is 1. The zero-order chi connectivity index (χ0) is 13.5. The molecular formula is C14H19ClN2O2. The molecule has 1 atom stereocenters. The lowest BCUT2D eigenvalue weighted by molar-refractivity contribution is -0.115. The molecule has 0 radical (unpaired) electrons. The molecule has 1 amide bonds. The molecule has 1 aromatic rings. The fourth-order valence-corrected chi connectivity index (χ4v) is 2.30. The average Bonchev–Trinajstić information content (AvgIpc) is 2.43. The third-order valence-electron chi connectivity index (χ3n) is 3.12. The predicted molar refractivity (Wildman–Crippen MR) is 76.5 cm³/mol. The van der Waals surface area contributed by atoms with Crippen molar-refractivity contribution in [3.05, 3.63) is 29.3 Å². The highest BCUT2D eigenvalue weighted by Gasteiger charge is 2.13. The number of rotatable bonds is 5. The fourth-order valence-electron chi connectivity index (χ4n) is 2.12. The van der Waals surface area contributed by atoms with E-state index < -0.39 is 0 Å². The van der Waals surface area contributed by atoms with Gasteiger partial charge in [0.25, 0.3) is 0 Å². The summed E-state index contributed by atoms with van der Waals surface area (Å²) in [6, 6.07) is 7.22. The minimum atomic E-state index is -0.0789. The number of carbonyl (C=O) groups is 1. The van der Waals surface area contributed by atoms with Gasteiger partial charge in [-0.3, -0.25) is 4.79 Å². The number of nitrogens with one attached hydrogen (secondary N) is 2. The SMILES string of the molecule is O=C(CNCC1CCCOC1)Nc1ccccc1Cl. The smallest absolute Gasteiger partial charge is 0.238 e. The normalized spacial score (nSPS) is 19.1. The molecule has 1 saturated heterocycles. The Balaban J connectivity index is 1.68. The van der Waals surface area contributed by atoms with Gasteiger partial charge in [0.1, 0.15) is 0 Å². The molecule has 1 heterocycles. The standard InChI is InChI=1S/C14H19ClN2O2/c15-12-5-1-2-6-13(12)17-14(18)9-16-8-11-4-3-7-19-10-11/h1-2,5-6,11,16H,3-4,7-10H2,(H,17,18). The van der Waals surface area contributed by atoms with E-state index in [9.17, 15) is 4.79 Å². The molecule has 1 aliphatic heterocycles. The monoisotopic (exact) mass is 282 g/mol. The van der Waals surface area contributed by atoms with Crippen molar-refractivity contribution in [2.45, 2.75) is 12.8 Å². The van der Waals surface area contributed by atoms with Gasteiger partial charge in [0.05, 0.1) is 23.9 Å². The van der Waals surface area contributed by atoms with E-state index in [0.29, 0.717) is 23.2 Å². The number of carbonyl (C=O) groups excluding carboxylic acids is 1. The van der Waals surface area contributed by atoms with E-state index in [1.54, 1.807) is 12.1 Å². The lowest BCUT2D eigenvalue weighted by Crippen LogP contribution is -2.34. The van der Waals surface area contributed by atoms with E-state index in [-0.39, 0.29) is 5.91 Å². The minimum absolute atomic E-state index is 0.0789. The number of hydrogen-bond donors (Lipinski definition) is 2. The van der Waals surface area contributed by atoms with Gasteiger partial charge in [-0.05, 0) is 30.9 Å². The number of anilines is 1. The third-order valence-corrected chi connectivity index (χ3v) is 3.45. The molecule has 1 aromatic carbocycles. The Morgan fingerprint density at radius 1 is 1.42 bits per heavy atom. The summed E-state index contributed by atoms with van der Waals surface area (Å²) in [5.41, 5.74) is 0.650. The summed E-state index contributed by atoms with van der Waals surface area (Å²) < 4.78 is 5.39. The van der Waals surface area contributed by atoms with Crippen molar-refractivity contribution in [2.24, 2.45) is 5.92 Å². The van der Waals surface area contributed by atoms with Crippen LogP contribution in [0.2, 0.25) is 5.02 Å². The molecule has 5 heteroatoms. The number of ether oxygens (including phenoxy) is 1. The van der Waals surface area contributed by atoms with Crippen molar-refractivity contribution < 1.29 is 9.53 Å². The number of halogens is 1.